The number of aliphatic hydroxyl groups excluding tert-OH is 2. The van der Waals surface area contributed by atoms with Crippen LogP contribution in [0.4, 0.5) is 0 Å². The highest BCUT2D eigenvalue weighted by molar-refractivity contribution is 7.17. The molecule has 0 aliphatic carbocycles. The number of aromatic hydroxyl groups is 1. The monoisotopic (exact) mass is 382 g/mol. The summed E-state index contributed by atoms with van der Waals surface area (Å²) >= 11 is 7.33. The van der Waals surface area contributed by atoms with Crippen LogP contribution in [0.1, 0.15) is 22.3 Å². The van der Waals surface area contributed by atoms with Crippen molar-refractivity contribution < 1.29 is 15.3 Å². The van der Waals surface area contributed by atoms with E-state index in [0.717, 1.165) is 5.56 Å². The summed E-state index contributed by atoms with van der Waals surface area (Å²) in [5.41, 5.74) is 0.892. The van der Waals surface area contributed by atoms with Crippen molar-refractivity contribution in [3.8, 4) is 5.88 Å². The first-order valence-electron chi connectivity index (χ1n) is 7.81. The van der Waals surface area contributed by atoms with Gasteiger partial charge in [-0.15, -0.1) is 5.10 Å². The van der Waals surface area contributed by atoms with Crippen LogP contribution in [0.25, 0.3) is 4.96 Å². The zero-order valence-electron chi connectivity index (χ0n) is 13.6. The molecule has 2 heterocycles. The number of hydrogen-bond donors (Lipinski definition) is 3. The zero-order valence-corrected chi connectivity index (χ0v) is 15.2. The predicted octanol–water partition coefficient (Wildman–Crippen LogP) is 1.83. The van der Waals surface area contributed by atoms with Crippen molar-refractivity contribution >= 4 is 27.9 Å². The zero-order chi connectivity index (χ0) is 18.0. The van der Waals surface area contributed by atoms with E-state index in [1.54, 1.807) is 19.1 Å². The molecule has 25 heavy (non-hydrogen) atoms. The highest BCUT2D eigenvalue weighted by atomic mass is 35.5. The van der Waals surface area contributed by atoms with Gasteiger partial charge >= 0.3 is 0 Å². The van der Waals surface area contributed by atoms with E-state index in [9.17, 15) is 15.3 Å². The minimum atomic E-state index is -0.356. The number of aryl methyl sites for hydroxylation is 1. The minimum Gasteiger partial charge on any atom is -0.492 e. The quantitative estimate of drug-likeness (QED) is 0.577. The number of thiazole rings is 1. The molecule has 0 aliphatic heterocycles. The lowest BCUT2D eigenvalue weighted by atomic mass is 10.0. The van der Waals surface area contributed by atoms with E-state index in [-0.39, 0.29) is 25.1 Å². The molecule has 9 heteroatoms. The van der Waals surface area contributed by atoms with Gasteiger partial charge in [0.15, 0.2) is 0 Å². The molecule has 134 valence electrons. The fourth-order valence-electron chi connectivity index (χ4n) is 2.83. The van der Waals surface area contributed by atoms with E-state index in [4.69, 9.17) is 11.6 Å². The lowest BCUT2D eigenvalue weighted by molar-refractivity contribution is 0.136. The van der Waals surface area contributed by atoms with Crippen molar-refractivity contribution in [3.63, 3.8) is 0 Å². The van der Waals surface area contributed by atoms with E-state index >= 15 is 0 Å². The Kier molecular flexibility index (Phi) is 5.55. The third-order valence-electron chi connectivity index (χ3n) is 3.88. The Labute approximate surface area is 153 Å². The van der Waals surface area contributed by atoms with Crippen molar-refractivity contribution in [1.29, 1.82) is 0 Å². The van der Waals surface area contributed by atoms with E-state index in [1.807, 2.05) is 17.0 Å². The van der Waals surface area contributed by atoms with Gasteiger partial charge in [0.2, 0.25) is 10.8 Å². The van der Waals surface area contributed by atoms with Crippen LogP contribution >= 0.6 is 22.9 Å². The first kappa shape index (κ1) is 18.1. The Balaban J connectivity index is 2.12. The van der Waals surface area contributed by atoms with Gasteiger partial charge in [-0.1, -0.05) is 35.1 Å². The lowest BCUT2D eigenvalue weighted by Gasteiger charge is -2.30. The summed E-state index contributed by atoms with van der Waals surface area (Å²) in [4.78, 5) is 7.46. The average Bonchev–Trinajstić information content (AvgIpc) is 3.08. The Bertz CT molecular complexity index is 843. The second-order valence-electron chi connectivity index (χ2n) is 5.58. The normalized spacial score (nSPS) is 13.0. The van der Waals surface area contributed by atoms with E-state index in [2.05, 4.69) is 10.1 Å². The maximum absolute atomic E-state index is 10.7. The van der Waals surface area contributed by atoms with E-state index in [0.29, 0.717) is 33.8 Å². The van der Waals surface area contributed by atoms with E-state index < -0.39 is 0 Å². The molecule has 0 radical (unpaired) electrons. The molecular formula is C16H19ClN4O3S. The van der Waals surface area contributed by atoms with Crippen LogP contribution in [0, 0.1) is 6.92 Å². The summed E-state index contributed by atoms with van der Waals surface area (Å²) in [5.74, 6) is 0.597. The molecule has 3 rings (SSSR count). The third-order valence-corrected chi connectivity index (χ3v) is 5.20. The number of aliphatic hydroxyl groups is 2. The van der Waals surface area contributed by atoms with Crippen molar-refractivity contribution in [2.45, 2.75) is 13.0 Å². The summed E-state index contributed by atoms with van der Waals surface area (Å²) in [5, 5.41) is 34.3. The number of hydrogen-bond acceptors (Lipinski definition) is 7. The second kappa shape index (κ2) is 7.67. The summed E-state index contributed by atoms with van der Waals surface area (Å²) in [6.07, 6.45) is 0. The summed E-state index contributed by atoms with van der Waals surface area (Å²) in [6.45, 7) is 2.33. The van der Waals surface area contributed by atoms with Crippen molar-refractivity contribution in [1.82, 2.24) is 19.5 Å². The molecule has 0 amide bonds. The van der Waals surface area contributed by atoms with Crippen LogP contribution in [0.2, 0.25) is 5.02 Å². The van der Waals surface area contributed by atoms with Crippen molar-refractivity contribution in [2.75, 3.05) is 26.3 Å². The molecule has 1 unspecified atom stereocenters. The highest BCUT2D eigenvalue weighted by Crippen LogP contribution is 2.39. The van der Waals surface area contributed by atoms with Crippen LogP contribution in [0.5, 0.6) is 5.88 Å². The lowest BCUT2D eigenvalue weighted by Crippen LogP contribution is -2.34. The number of fused-ring (bicyclic) bond motifs is 1. The van der Waals surface area contributed by atoms with Gasteiger partial charge < -0.3 is 15.3 Å². The molecule has 7 nitrogen and oxygen atoms in total. The molecule has 0 fully saturated rings. The Morgan fingerprint density at radius 2 is 1.84 bits per heavy atom. The van der Waals surface area contributed by atoms with Crippen LogP contribution in [-0.4, -0.2) is 61.1 Å². The van der Waals surface area contributed by atoms with Crippen molar-refractivity contribution in [2.24, 2.45) is 0 Å². The average molecular weight is 383 g/mol. The highest BCUT2D eigenvalue weighted by Gasteiger charge is 2.29. The van der Waals surface area contributed by atoms with Gasteiger partial charge in [0.05, 0.1) is 24.1 Å². The van der Waals surface area contributed by atoms with Gasteiger partial charge in [-0.3, -0.25) is 4.90 Å². The molecule has 0 aliphatic rings. The van der Waals surface area contributed by atoms with Crippen LogP contribution in [0.15, 0.2) is 24.3 Å². The molecule has 0 spiro atoms. The number of halogens is 1. The fourth-order valence-corrected chi connectivity index (χ4v) is 4.11. The number of nitrogens with zero attached hydrogens (tertiary/aromatic N) is 4. The Morgan fingerprint density at radius 1 is 1.20 bits per heavy atom. The van der Waals surface area contributed by atoms with Crippen LogP contribution in [0.3, 0.4) is 0 Å². The molecule has 1 aromatic carbocycles. The van der Waals surface area contributed by atoms with Gasteiger partial charge in [-0.25, -0.2) is 4.98 Å². The second-order valence-corrected chi connectivity index (χ2v) is 7.03. The minimum absolute atomic E-state index is 0.0152. The molecular weight excluding hydrogens is 364 g/mol. The molecule has 0 saturated heterocycles. The maximum Gasteiger partial charge on any atom is 0.230 e. The molecule has 1 atom stereocenters. The van der Waals surface area contributed by atoms with Gasteiger partial charge in [-0.05, 0) is 24.6 Å². The molecule has 2 aromatic heterocycles. The largest absolute Gasteiger partial charge is 0.492 e. The first-order valence-corrected chi connectivity index (χ1v) is 9.01. The van der Waals surface area contributed by atoms with Crippen molar-refractivity contribution in [3.05, 3.63) is 45.6 Å². The molecule has 3 N–H and O–H groups in total. The topological polar surface area (TPSA) is 94.1 Å². The van der Waals surface area contributed by atoms with Gasteiger partial charge in [0, 0.05) is 18.1 Å². The standard InChI is InChI=1S/C16H19ClN4O3S/c1-10-18-16-21(19-10)15(24)14(25-16)13(20(6-8-22)7-9-23)11-2-4-12(17)5-3-11/h2-5,13,22-24H,6-9H2,1H3. The smallest absolute Gasteiger partial charge is 0.230 e. The SMILES string of the molecule is Cc1nc2sc(C(c3ccc(Cl)cc3)N(CCO)CCO)c(O)n2n1. The Morgan fingerprint density at radius 3 is 2.40 bits per heavy atom. The fraction of sp³-hybridized carbons (Fsp3) is 0.375. The predicted molar refractivity (Wildman–Crippen MR) is 96.3 cm³/mol. The number of aromatic nitrogens is 3. The van der Waals surface area contributed by atoms with Gasteiger partial charge in [0.1, 0.15) is 5.82 Å². The number of rotatable bonds is 7. The molecule has 0 bridgehead atoms. The molecule has 3 aromatic rings. The summed E-state index contributed by atoms with van der Waals surface area (Å²) in [6, 6.07) is 6.94. The molecule has 0 saturated carbocycles. The summed E-state index contributed by atoms with van der Waals surface area (Å²) < 4.78 is 1.41. The van der Waals surface area contributed by atoms with Crippen LogP contribution in [-0.2, 0) is 0 Å². The van der Waals surface area contributed by atoms with Crippen LogP contribution < -0.4 is 0 Å². The van der Waals surface area contributed by atoms with E-state index in [1.165, 1.54) is 15.9 Å². The summed E-state index contributed by atoms with van der Waals surface area (Å²) in [7, 11) is 0. The first-order chi connectivity index (χ1) is 12.0. The van der Waals surface area contributed by atoms with Gasteiger partial charge in [-0.2, -0.15) is 4.52 Å². The Hall–Kier alpha value is -1.71. The number of benzene rings is 1. The van der Waals surface area contributed by atoms with Gasteiger partial charge in [0.25, 0.3) is 0 Å². The third kappa shape index (κ3) is 3.63. The maximum atomic E-state index is 10.7.